The predicted molar refractivity (Wildman–Crippen MR) is 86.5 cm³/mol. The van der Waals surface area contributed by atoms with E-state index in [1.54, 1.807) is 27.7 Å². The van der Waals surface area contributed by atoms with Crippen LogP contribution in [0.3, 0.4) is 0 Å². The Morgan fingerprint density at radius 1 is 1.20 bits per heavy atom. The van der Waals surface area contributed by atoms with Crippen molar-refractivity contribution in [1.82, 2.24) is 4.90 Å². The van der Waals surface area contributed by atoms with Crippen LogP contribution < -0.4 is 0 Å². The lowest BCUT2D eigenvalue weighted by Gasteiger charge is -2.38. The molecule has 6 unspecified atom stereocenters. The number of nitrogens with zero attached hydrogens (tertiary/aromatic N) is 1. The van der Waals surface area contributed by atoms with Crippen molar-refractivity contribution in [2.75, 3.05) is 19.7 Å². The largest absolute Gasteiger partial charge is 0.460 e. The number of carbonyl (C=O) groups is 2. The summed E-state index contributed by atoms with van der Waals surface area (Å²) in [6, 6.07) is 0.00302. The Labute approximate surface area is 147 Å². The van der Waals surface area contributed by atoms with Crippen molar-refractivity contribution < 1.29 is 28.5 Å². The smallest absolute Gasteiger partial charge is 0.341 e. The number of cyclic esters (lactones) is 1. The molecule has 0 aromatic heterocycles. The lowest BCUT2D eigenvalue weighted by molar-refractivity contribution is -0.179. The van der Waals surface area contributed by atoms with Crippen molar-refractivity contribution in [3.8, 4) is 0 Å². The minimum atomic E-state index is -1.37. The third-order valence-corrected chi connectivity index (χ3v) is 6.38. The lowest BCUT2D eigenvalue weighted by Crippen LogP contribution is -2.59. The molecule has 25 heavy (non-hydrogen) atoms. The normalized spacial score (nSPS) is 47.4. The Hall–Kier alpha value is -1.44. The van der Waals surface area contributed by atoms with Gasteiger partial charge in [-0.15, -0.1) is 0 Å². The second-order valence-corrected chi connectivity index (χ2v) is 7.72. The Bertz CT molecular complexity index is 647. The van der Waals surface area contributed by atoms with E-state index in [1.807, 2.05) is 0 Å². The van der Waals surface area contributed by atoms with Crippen molar-refractivity contribution >= 4 is 11.9 Å². The number of fused-ring (bicyclic) bond motifs is 1. The van der Waals surface area contributed by atoms with Crippen molar-refractivity contribution in [3.63, 3.8) is 0 Å². The first kappa shape index (κ1) is 17.0. The first-order chi connectivity index (χ1) is 11.8. The molecule has 0 aromatic carbocycles. The van der Waals surface area contributed by atoms with Crippen LogP contribution in [0.15, 0.2) is 11.6 Å². The molecule has 0 saturated carbocycles. The van der Waals surface area contributed by atoms with Gasteiger partial charge in [0.15, 0.2) is 11.9 Å². The molecule has 3 fully saturated rings. The monoisotopic (exact) mass is 351 g/mol. The van der Waals surface area contributed by atoms with E-state index in [-0.39, 0.29) is 24.7 Å². The summed E-state index contributed by atoms with van der Waals surface area (Å²) in [5.41, 5.74) is -1.54. The maximum atomic E-state index is 12.9. The molecule has 7 nitrogen and oxygen atoms in total. The van der Waals surface area contributed by atoms with Gasteiger partial charge in [0.1, 0.15) is 18.3 Å². The molecular weight excluding hydrogens is 326 g/mol. The summed E-state index contributed by atoms with van der Waals surface area (Å²) >= 11 is 0. The van der Waals surface area contributed by atoms with Crippen LogP contribution in [0.5, 0.6) is 0 Å². The van der Waals surface area contributed by atoms with Crippen molar-refractivity contribution in [1.29, 1.82) is 0 Å². The SMILES string of the molecule is CC1OC2(C)C(=O)OCC3=CCN4CCC(OC(=O)C(C)C2(C)O1)C34. The third kappa shape index (κ3) is 2.29. The first-order valence-corrected chi connectivity index (χ1v) is 8.92. The van der Waals surface area contributed by atoms with Crippen LogP contribution in [0, 0.1) is 5.92 Å². The molecule has 6 atom stereocenters. The first-order valence-electron chi connectivity index (χ1n) is 8.92. The highest BCUT2D eigenvalue weighted by molar-refractivity contribution is 5.84. The number of rotatable bonds is 0. The molecule has 0 aromatic rings. The minimum Gasteiger partial charge on any atom is -0.460 e. The molecule has 0 bridgehead atoms. The molecule has 0 amide bonds. The fourth-order valence-electron chi connectivity index (χ4n) is 4.59. The fraction of sp³-hybridized carbons (Fsp3) is 0.778. The number of ether oxygens (including phenoxy) is 4. The van der Waals surface area contributed by atoms with E-state index in [0.717, 1.165) is 25.1 Å². The zero-order chi connectivity index (χ0) is 18.0. The molecular formula is C18H25NO6. The summed E-state index contributed by atoms with van der Waals surface area (Å²) in [5, 5.41) is 0. The Morgan fingerprint density at radius 3 is 2.72 bits per heavy atom. The van der Waals surface area contributed by atoms with Gasteiger partial charge in [-0.3, -0.25) is 9.69 Å². The van der Waals surface area contributed by atoms with E-state index in [1.165, 1.54) is 0 Å². The van der Waals surface area contributed by atoms with Gasteiger partial charge in [0, 0.05) is 13.1 Å². The maximum Gasteiger partial charge on any atom is 0.341 e. The van der Waals surface area contributed by atoms with E-state index in [9.17, 15) is 9.59 Å². The molecule has 3 saturated heterocycles. The highest BCUT2D eigenvalue weighted by Gasteiger charge is 2.65. The summed E-state index contributed by atoms with van der Waals surface area (Å²) < 4.78 is 23.2. The van der Waals surface area contributed by atoms with Crippen LogP contribution in [-0.2, 0) is 28.5 Å². The van der Waals surface area contributed by atoms with E-state index in [4.69, 9.17) is 18.9 Å². The predicted octanol–water partition coefficient (Wildman–Crippen LogP) is 1.02. The molecule has 4 heterocycles. The van der Waals surface area contributed by atoms with Crippen LogP contribution in [0.1, 0.15) is 34.1 Å². The topological polar surface area (TPSA) is 74.3 Å². The molecule has 4 aliphatic rings. The van der Waals surface area contributed by atoms with Gasteiger partial charge in [-0.1, -0.05) is 6.08 Å². The number of esters is 2. The summed E-state index contributed by atoms with van der Waals surface area (Å²) in [7, 11) is 0. The summed E-state index contributed by atoms with van der Waals surface area (Å²) in [6.45, 7) is 8.66. The standard InChI is InChI=1S/C18H25NO6/c1-10-15(20)23-13-6-8-19-7-5-12(14(13)19)9-22-16(21)18(4)17(10,3)24-11(2)25-18/h5,10-11,13-14H,6-9H2,1-4H3. The lowest BCUT2D eigenvalue weighted by atomic mass is 9.76. The number of hydrogen-bond acceptors (Lipinski definition) is 7. The highest BCUT2D eigenvalue weighted by atomic mass is 16.8. The van der Waals surface area contributed by atoms with Crippen LogP contribution in [0.2, 0.25) is 0 Å². The fourth-order valence-corrected chi connectivity index (χ4v) is 4.59. The van der Waals surface area contributed by atoms with Gasteiger partial charge in [0.25, 0.3) is 0 Å². The Kier molecular flexibility index (Phi) is 3.76. The quantitative estimate of drug-likeness (QED) is 0.476. The Balaban J connectivity index is 1.73. The van der Waals surface area contributed by atoms with Crippen molar-refractivity contribution in [3.05, 3.63) is 11.6 Å². The van der Waals surface area contributed by atoms with Gasteiger partial charge < -0.3 is 18.9 Å². The highest BCUT2D eigenvalue weighted by Crippen LogP contribution is 2.46. The van der Waals surface area contributed by atoms with Gasteiger partial charge in [-0.25, -0.2) is 4.79 Å². The third-order valence-electron chi connectivity index (χ3n) is 6.38. The van der Waals surface area contributed by atoms with E-state index in [2.05, 4.69) is 11.0 Å². The van der Waals surface area contributed by atoms with Crippen LogP contribution >= 0.6 is 0 Å². The second-order valence-electron chi connectivity index (χ2n) is 7.72. The average Bonchev–Trinajstić information content (AvgIpc) is 3.19. The second kappa shape index (κ2) is 5.53. The zero-order valence-corrected chi connectivity index (χ0v) is 15.1. The Morgan fingerprint density at radius 2 is 1.96 bits per heavy atom. The molecule has 7 heteroatoms. The molecule has 4 rings (SSSR count). The van der Waals surface area contributed by atoms with E-state index in [0.29, 0.717) is 0 Å². The molecule has 4 aliphatic heterocycles. The van der Waals surface area contributed by atoms with Crippen molar-refractivity contribution in [2.24, 2.45) is 5.92 Å². The van der Waals surface area contributed by atoms with Gasteiger partial charge in [-0.05, 0) is 39.7 Å². The molecule has 138 valence electrons. The van der Waals surface area contributed by atoms with Gasteiger partial charge >= 0.3 is 11.9 Å². The van der Waals surface area contributed by atoms with Crippen molar-refractivity contribution in [2.45, 2.75) is 63.8 Å². The minimum absolute atomic E-state index is 0.00302. The molecule has 0 N–H and O–H groups in total. The summed E-state index contributed by atoms with van der Waals surface area (Å²) in [5.74, 6) is -1.54. The van der Waals surface area contributed by atoms with E-state index < -0.39 is 29.4 Å². The number of carbonyl (C=O) groups excluding carboxylic acids is 2. The zero-order valence-electron chi connectivity index (χ0n) is 15.1. The number of hydrogen-bond donors (Lipinski definition) is 0. The van der Waals surface area contributed by atoms with Gasteiger partial charge in [0.05, 0.1) is 12.0 Å². The van der Waals surface area contributed by atoms with Crippen LogP contribution in [0.4, 0.5) is 0 Å². The summed E-state index contributed by atoms with van der Waals surface area (Å²) in [4.78, 5) is 28.0. The molecule has 0 spiro atoms. The summed E-state index contributed by atoms with van der Waals surface area (Å²) in [6.07, 6.45) is 2.03. The van der Waals surface area contributed by atoms with E-state index >= 15 is 0 Å². The average molecular weight is 351 g/mol. The van der Waals surface area contributed by atoms with Gasteiger partial charge in [0.2, 0.25) is 0 Å². The van der Waals surface area contributed by atoms with Gasteiger partial charge in [-0.2, -0.15) is 0 Å². The van der Waals surface area contributed by atoms with Crippen LogP contribution in [-0.4, -0.2) is 66.2 Å². The van der Waals surface area contributed by atoms with Crippen LogP contribution in [0.25, 0.3) is 0 Å². The molecule has 0 radical (unpaired) electrons. The maximum absolute atomic E-state index is 12.9. The molecule has 0 aliphatic carbocycles.